The van der Waals surface area contributed by atoms with Gasteiger partial charge in [0.05, 0.1) is 0 Å². The number of nitrogens with one attached hydrogen (secondary N) is 2. The Morgan fingerprint density at radius 3 is 2.47 bits per heavy atom. The van der Waals surface area contributed by atoms with Crippen molar-refractivity contribution in [2.45, 2.75) is 58.7 Å². The third kappa shape index (κ3) is 7.64. The maximum atomic E-state index is 13.6. The van der Waals surface area contributed by atoms with E-state index in [0.29, 0.717) is 16.3 Å². The quantitative estimate of drug-likeness (QED) is 0.438. The number of benzene rings is 1. The number of nitrogens with zero attached hydrogens (tertiary/aromatic N) is 3. The third-order valence-corrected chi connectivity index (χ3v) is 5.46. The SMILES string of the molecule is Cc1cc(NC(=O)CCC(=O)N(Cc2cccnc2)[C@@H](C(=O)NC(C)(C)C)c2ccccc2Cl)no1. The summed E-state index contributed by atoms with van der Waals surface area (Å²) in [6.45, 7) is 7.39. The minimum absolute atomic E-state index is 0.101. The molecule has 9 nitrogen and oxygen atoms in total. The number of rotatable bonds is 9. The van der Waals surface area contributed by atoms with Gasteiger partial charge >= 0.3 is 0 Å². The maximum absolute atomic E-state index is 13.6. The van der Waals surface area contributed by atoms with Crippen molar-refractivity contribution in [3.8, 4) is 0 Å². The van der Waals surface area contributed by atoms with Crippen molar-refractivity contribution in [2.75, 3.05) is 5.32 Å². The van der Waals surface area contributed by atoms with Crippen LogP contribution < -0.4 is 10.6 Å². The number of carbonyl (C=O) groups is 3. The standard InChI is InChI=1S/C26H30ClN5O4/c1-17-14-21(31-36-17)29-22(33)11-12-23(34)32(16-18-8-7-13-28-15-18)24(25(35)30-26(2,3)4)19-9-5-6-10-20(19)27/h5-10,13-15,24H,11-12,16H2,1-4H3,(H,30,35)(H,29,31,33)/t24-/m1/s1. The summed E-state index contributed by atoms with van der Waals surface area (Å²) in [7, 11) is 0. The summed E-state index contributed by atoms with van der Waals surface area (Å²) in [5.41, 5.74) is 0.671. The molecule has 0 aliphatic heterocycles. The Morgan fingerprint density at radius 1 is 1.11 bits per heavy atom. The van der Waals surface area contributed by atoms with Gasteiger partial charge in [0.1, 0.15) is 11.8 Å². The molecule has 0 aliphatic carbocycles. The average molecular weight is 512 g/mol. The predicted molar refractivity (Wildman–Crippen MR) is 136 cm³/mol. The lowest BCUT2D eigenvalue weighted by Gasteiger charge is -2.34. The molecule has 10 heteroatoms. The number of anilines is 1. The Balaban J connectivity index is 1.90. The van der Waals surface area contributed by atoms with Crippen molar-refractivity contribution in [1.82, 2.24) is 20.4 Å². The van der Waals surface area contributed by atoms with Gasteiger partial charge in [0, 0.05) is 54.0 Å². The Labute approximate surface area is 215 Å². The number of carbonyl (C=O) groups excluding carboxylic acids is 3. The molecular weight excluding hydrogens is 482 g/mol. The van der Waals surface area contributed by atoms with Gasteiger partial charge in [0.15, 0.2) is 5.82 Å². The van der Waals surface area contributed by atoms with Crippen LogP contribution >= 0.6 is 11.6 Å². The molecule has 0 saturated heterocycles. The smallest absolute Gasteiger partial charge is 0.247 e. The normalized spacial score (nSPS) is 12.0. The zero-order chi connectivity index (χ0) is 26.3. The molecule has 2 heterocycles. The summed E-state index contributed by atoms with van der Waals surface area (Å²) in [5, 5.41) is 9.65. The fourth-order valence-corrected chi connectivity index (χ4v) is 3.83. The van der Waals surface area contributed by atoms with Gasteiger partial charge < -0.3 is 20.1 Å². The summed E-state index contributed by atoms with van der Waals surface area (Å²) in [6.07, 6.45) is 3.02. The second-order valence-electron chi connectivity index (χ2n) is 9.42. The van der Waals surface area contributed by atoms with Gasteiger partial charge in [-0.25, -0.2) is 0 Å². The van der Waals surface area contributed by atoms with Gasteiger partial charge in [-0.05, 0) is 45.4 Å². The number of halogens is 1. The minimum atomic E-state index is -1.02. The molecule has 3 rings (SSSR count). The van der Waals surface area contributed by atoms with Crippen LogP contribution in [0.2, 0.25) is 5.02 Å². The molecule has 0 unspecified atom stereocenters. The number of aryl methyl sites for hydroxylation is 1. The van der Waals surface area contributed by atoms with E-state index in [-0.39, 0.29) is 37.0 Å². The van der Waals surface area contributed by atoms with Gasteiger partial charge in [0.2, 0.25) is 17.7 Å². The molecule has 3 amide bonds. The zero-order valence-electron chi connectivity index (χ0n) is 20.7. The second kappa shape index (κ2) is 11.8. The van der Waals surface area contributed by atoms with E-state index < -0.39 is 17.5 Å². The predicted octanol–water partition coefficient (Wildman–Crippen LogP) is 4.43. The van der Waals surface area contributed by atoms with Gasteiger partial charge in [0.25, 0.3) is 0 Å². The molecule has 2 N–H and O–H groups in total. The summed E-state index contributed by atoms with van der Waals surface area (Å²) in [5.74, 6) is -0.340. The first-order chi connectivity index (χ1) is 17.0. The van der Waals surface area contributed by atoms with Gasteiger partial charge in [-0.3, -0.25) is 19.4 Å². The largest absolute Gasteiger partial charge is 0.360 e. The third-order valence-electron chi connectivity index (χ3n) is 5.12. The highest BCUT2D eigenvalue weighted by Gasteiger charge is 2.34. The highest BCUT2D eigenvalue weighted by atomic mass is 35.5. The molecule has 36 heavy (non-hydrogen) atoms. The van der Waals surface area contributed by atoms with Gasteiger partial charge in [-0.15, -0.1) is 0 Å². The number of hydrogen-bond acceptors (Lipinski definition) is 6. The van der Waals surface area contributed by atoms with Crippen molar-refractivity contribution in [1.29, 1.82) is 0 Å². The van der Waals surface area contributed by atoms with Gasteiger partial charge in [-0.2, -0.15) is 0 Å². The Bertz CT molecular complexity index is 1210. The zero-order valence-corrected chi connectivity index (χ0v) is 21.5. The first kappa shape index (κ1) is 26.9. The van der Waals surface area contributed by atoms with E-state index >= 15 is 0 Å². The highest BCUT2D eigenvalue weighted by molar-refractivity contribution is 6.31. The van der Waals surface area contributed by atoms with E-state index in [2.05, 4.69) is 20.8 Å². The summed E-state index contributed by atoms with van der Waals surface area (Å²) >= 11 is 6.50. The lowest BCUT2D eigenvalue weighted by atomic mass is 10.00. The van der Waals surface area contributed by atoms with E-state index in [1.807, 2.05) is 26.8 Å². The lowest BCUT2D eigenvalue weighted by Crippen LogP contribution is -2.49. The molecule has 2 aromatic heterocycles. The van der Waals surface area contributed by atoms with E-state index in [4.69, 9.17) is 16.1 Å². The van der Waals surface area contributed by atoms with Crippen LogP contribution in [0.4, 0.5) is 5.82 Å². The topological polar surface area (TPSA) is 117 Å². The molecule has 1 atom stereocenters. The van der Waals surface area contributed by atoms with Crippen LogP contribution in [0.3, 0.4) is 0 Å². The Kier molecular flexibility index (Phi) is 8.82. The van der Waals surface area contributed by atoms with E-state index in [0.717, 1.165) is 5.56 Å². The van der Waals surface area contributed by atoms with Crippen LogP contribution in [0.5, 0.6) is 0 Å². The molecule has 0 spiro atoms. The molecule has 190 valence electrons. The fourth-order valence-electron chi connectivity index (χ4n) is 3.59. The molecule has 0 aliphatic rings. The van der Waals surface area contributed by atoms with E-state index in [1.54, 1.807) is 55.7 Å². The molecule has 1 aromatic carbocycles. The molecule has 0 saturated carbocycles. The second-order valence-corrected chi connectivity index (χ2v) is 9.82. The molecule has 0 fully saturated rings. The van der Waals surface area contributed by atoms with Crippen molar-refractivity contribution in [3.05, 3.63) is 76.8 Å². The highest BCUT2D eigenvalue weighted by Crippen LogP contribution is 2.30. The van der Waals surface area contributed by atoms with Crippen molar-refractivity contribution in [3.63, 3.8) is 0 Å². The maximum Gasteiger partial charge on any atom is 0.247 e. The lowest BCUT2D eigenvalue weighted by molar-refractivity contribution is -0.142. The number of pyridine rings is 1. The van der Waals surface area contributed by atoms with E-state index in [1.165, 1.54) is 4.90 Å². The fraction of sp³-hybridized carbons (Fsp3) is 0.346. The van der Waals surface area contributed by atoms with Crippen LogP contribution in [-0.2, 0) is 20.9 Å². The monoisotopic (exact) mass is 511 g/mol. The summed E-state index contributed by atoms with van der Waals surface area (Å²) < 4.78 is 4.95. The Hall–Kier alpha value is -3.72. The summed E-state index contributed by atoms with van der Waals surface area (Å²) in [6, 6.07) is 11.0. The first-order valence-electron chi connectivity index (χ1n) is 11.5. The summed E-state index contributed by atoms with van der Waals surface area (Å²) in [4.78, 5) is 45.1. The van der Waals surface area contributed by atoms with Crippen molar-refractivity contribution >= 4 is 35.1 Å². The van der Waals surface area contributed by atoms with Crippen molar-refractivity contribution in [2.24, 2.45) is 0 Å². The minimum Gasteiger partial charge on any atom is -0.360 e. The van der Waals surface area contributed by atoms with Crippen molar-refractivity contribution < 1.29 is 18.9 Å². The molecule has 3 aromatic rings. The van der Waals surface area contributed by atoms with Crippen LogP contribution in [0.15, 0.2) is 59.4 Å². The Morgan fingerprint density at radius 2 is 1.86 bits per heavy atom. The number of hydrogen-bond donors (Lipinski definition) is 2. The molecule has 0 bridgehead atoms. The molecule has 0 radical (unpaired) electrons. The average Bonchev–Trinajstić information content (AvgIpc) is 3.22. The van der Waals surface area contributed by atoms with Crippen LogP contribution in [-0.4, -0.2) is 38.3 Å². The first-order valence-corrected chi connectivity index (χ1v) is 11.9. The van der Waals surface area contributed by atoms with Crippen LogP contribution in [0.1, 0.15) is 56.5 Å². The van der Waals surface area contributed by atoms with Crippen LogP contribution in [0, 0.1) is 6.92 Å². The van der Waals surface area contributed by atoms with E-state index in [9.17, 15) is 14.4 Å². The number of aromatic nitrogens is 2. The van der Waals surface area contributed by atoms with Crippen LogP contribution in [0.25, 0.3) is 0 Å². The molecular formula is C26H30ClN5O4. The van der Waals surface area contributed by atoms with Gasteiger partial charge in [-0.1, -0.05) is 41.0 Å². The number of amides is 3.